The highest BCUT2D eigenvalue weighted by Gasteiger charge is 2.20. The Kier molecular flexibility index (Phi) is 8.41. The van der Waals surface area contributed by atoms with Gasteiger partial charge in [0, 0.05) is 24.6 Å². The summed E-state index contributed by atoms with van der Waals surface area (Å²) in [5.74, 6) is 2.14. The lowest BCUT2D eigenvalue weighted by Crippen LogP contribution is -2.13. The predicted molar refractivity (Wildman–Crippen MR) is 144 cm³/mol. The number of hydrogen-bond acceptors (Lipinski definition) is 12. The molecular formula is C21H30N10O4S2. The second-order valence-electron chi connectivity index (χ2n) is 8.85. The van der Waals surface area contributed by atoms with Gasteiger partial charge in [-0.05, 0) is 18.3 Å². The number of aromatic amines is 2. The summed E-state index contributed by atoms with van der Waals surface area (Å²) in [6, 6.07) is 0. The molecule has 8 N–H and O–H groups in total. The Labute approximate surface area is 219 Å². The van der Waals surface area contributed by atoms with Gasteiger partial charge >= 0.3 is 0 Å². The highest BCUT2D eigenvalue weighted by molar-refractivity contribution is 7.99. The average molecular weight is 551 g/mol. The van der Waals surface area contributed by atoms with Crippen molar-refractivity contribution in [2.45, 2.75) is 43.7 Å². The zero-order chi connectivity index (χ0) is 26.7. The molecule has 0 aliphatic heterocycles. The number of aliphatic hydroxyl groups excluding tert-OH is 2. The minimum Gasteiger partial charge on any atom is -0.395 e. The third kappa shape index (κ3) is 5.92. The molecule has 0 amide bonds. The molecule has 4 aromatic heterocycles. The zero-order valence-electron chi connectivity index (χ0n) is 20.5. The number of rotatable bonds is 12. The highest BCUT2D eigenvalue weighted by Crippen LogP contribution is 2.29. The number of thioether (sulfide) groups is 2. The number of fused-ring (bicyclic) bond motifs is 2. The van der Waals surface area contributed by atoms with Crippen LogP contribution in [0.3, 0.4) is 0 Å². The van der Waals surface area contributed by atoms with Crippen LogP contribution < -0.4 is 22.6 Å². The number of nitrogen functional groups attached to an aromatic ring is 2. The lowest BCUT2D eigenvalue weighted by molar-refractivity contribution is 0.273. The molecular weight excluding hydrogens is 520 g/mol. The molecule has 0 radical (unpaired) electrons. The van der Waals surface area contributed by atoms with E-state index in [0.29, 0.717) is 33.4 Å². The molecule has 0 bridgehead atoms. The summed E-state index contributed by atoms with van der Waals surface area (Å²) in [5, 5.41) is 20.2. The van der Waals surface area contributed by atoms with Crippen molar-refractivity contribution >= 4 is 57.7 Å². The SMILES string of the molecule is CC(CSc1nc2c(=O)[nH]c(N)nc2n1CCO)CC(C)CSc1nc2c(=O)[nH]c(N)nc2n1CCO. The number of aromatic nitrogens is 8. The van der Waals surface area contributed by atoms with E-state index < -0.39 is 11.1 Å². The van der Waals surface area contributed by atoms with Crippen LogP contribution in [0.15, 0.2) is 19.9 Å². The van der Waals surface area contributed by atoms with E-state index >= 15 is 0 Å². The van der Waals surface area contributed by atoms with E-state index in [2.05, 4.69) is 43.8 Å². The van der Waals surface area contributed by atoms with E-state index in [1.807, 2.05) is 0 Å². The average Bonchev–Trinajstić information content (AvgIpc) is 3.35. The third-order valence-corrected chi connectivity index (χ3v) is 8.23. The lowest BCUT2D eigenvalue weighted by Gasteiger charge is -2.17. The van der Waals surface area contributed by atoms with Crippen LogP contribution in [0.4, 0.5) is 11.9 Å². The van der Waals surface area contributed by atoms with E-state index in [1.54, 1.807) is 9.13 Å². The van der Waals surface area contributed by atoms with Crippen LogP contribution in [0.25, 0.3) is 22.3 Å². The first-order chi connectivity index (χ1) is 17.7. The van der Waals surface area contributed by atoms with E-state index in [-0.39, 0.29) is 49.2 Å². The first-order valence-electron chi connectivity index (χ1n) is 11.7. The van der Waals surface area contributed by atoms with Gasteiger partial charge in [0.15, 0.2) is 32.6 Å². The van der Waals surface area contributed by atoms with Gasteiger partial charge in [-0.25, -0.2) is 9.97 Å². The number of imidazole rings is 2. The molecule has 37 heavy (non-hydrogen) atoms. The van der Waals surface area contributed by atoms with Crippen LogP contribution in [-0.4, -0.2) is 74.0 Å². The lowest BCUT2D eigenvalue weighted by atomic mass is 10.0. The number of anilines is 2. The quantitative estimate of drug-likeness (QED) is 0.131. The van der Waals surface area contributed by atoms with Crippen molar-refractivity contribution in [1.29, 1.82) is 0 Å². The number of hydrogen-bond donors (Lipinski definition) is 6. The van der Waals surface area contributed by atoms with E-state index in [9.17, 15) is 19.8 Å². The maximum Gasteiger partial charge on any atom is 0.280 e. The van der Waals surface area contributed by atoms with Crippen LogP contribution >= 0.6 is 23.5 Å². The Balaban J connectivity index is 1.40. The summed E-state index contributed by atoms with van der Waals surface area (Å²) in [5.41, 5.74) is 11.7. The second-order valence-corrected chi connectivity index (χ2v) is 10.8. The molecule has 4 aromatic rings. The second kappa shape index (κ2) is 11.5. The van der Waals surface area contributed by atoms with Crippen molar-refractivity contribution in [2.75, 3.05) is 36.2 Å². The van der Waals surface area contributed by atoms with Crippen molar-refractivity contribution in [3.63, 3.8) is 0 Å². The first kappa shape index (κ1) is 27.0. The molecule has 200 valence electrons. The van der Waals surface area contributed by atoms with Crippen molar-refractivity contribution in [2.24, 2.45) is 11.8 Å². The zero-order valence-corrected chi connectivity index (χ0v) is 22.1. The Morgan fingerprint density at radius 1 is 0.784 bits per heavy atom. The van der Waals surface area contributed by atoms with E-state index in [0.717, 1.165) is 17.9 Å². The molecule has 16 heteroatoms. The smallest absolute Gasteiger partial charge is 0.280 e. The molecule has 0 aliphatic rings. The van der Waals surface area contributed by atoms with Gasteiger partial charge in [-0.2, -0.15) is 9.97 Å². The molecule has 14 nitrogen and oxygen atoms in total. The number of nitrogens with two attached hydrogens (primary N) is 2. The molecule has 0 aliphatic carbocycles. The van der Waals surface area contributed by atoms with E-state index in [4.69, 9.17) is 11.5 Å². The fourth-order valence-corrected chi connectivity index (χ4v) is 6.21. The molecule has 4 rings (SSSR count). The molecule has 2 atom stereocenters. The molecule has 4 heterocycles. The predicted octanol–water partition coefficient (Wildman–Crippen LogP) is 0.248. The van der Waals surface area contributed by atoms with Crippen LogP contribution in [0, 0.1) is 11.8 Å². The van der Waals surface area contributed by atoms with Crippen LogP contribution in [0.5, 0.6) is 0 Å². The van der Waals surface area contributed by atoms with E-state index in [1.165, 1.54) is 23.5 Å². The number of aliphatic hydroxyl groups is 2. The molecule has 0 fully saturated rings. The van der Waals surface area contributed by atoms with Gasteiger partial charge in [-0.3, -0.25) is 19.6 Å². The summed E-state index contributed by atoms with van der Waals surface area (Å²) in [6.45, 7) is 4.56. The fourth-order valence-electron chi connectivity index (χ4n) is 4.10. The summed E-state index contributed by atoms with van der Waals surface area (Å²) in [4.78, 5) is 46.6. The van der Waals surface area contributed by atoms with Gasteiger partial charge in [-0.1, -0.05) is 37.4 Å². The van der Waals surface area contributed by atoms with Gasteiger partial charge in [0.1, 0.15) is 0 Å². The van der Waals surface area contributed by atoms with Crippen LogP contribution in [0.1, 0.15) is 20.3 Å². The molecule has 0 aromatic carbocycles. The maximum absolute atomic E-state index is 12.2. The summed E-state index contributed by atoms with van der Waals surface area (Å²) in [6.07, 6.45) is 0.915. The Bertz CT molecular complexity index is 1400. The number of nitrogens with one attached hydrogen (secondary N) is 2. The summed E-state index contributed by atoms with van der Waals surface area (Å²) in [7, 11) is 0. The van der Waals surface area contributed by atoms with Crippen molar-refractivity contribution < 1.29 is 10.2 Å². The molecule has 0 spiro atoms. The molecule has 0 saturated heterocycles. The minimum atomic E-state index is -0.410. The molecule has 0 saturated carbocycles. The van der Waals surface area contributed by atoms with Gasteiger partial charge in [0.25, 0.3) is 11.1 Å². The van der Waals surface area contributed by atoms with Gasteiger partial charge in [0.05, 0.1) is 13.2 Å². The number of nitrogens with zero attached hydrogens (tertiary/aromatic N) is 6. The third-order valence-electron chi connectivity index (χ3n) is 5.62. The Morgan fingerprint density at radius 2 is 1.19 bits per heavy atom. The topological polar surface area (TPSA) is 220 Å². The highest BCUT2D eigenvalue weighted by atomic mass is 32.2. The monoisotopic (exact) mass is 550 g/mol. The van der Waals surface area contributed by atoms with Gasteiger partial charge < -0.3 is 30.8 Å². The maximum atomic E-state index is 12.2. The first-order valence-corrected chi connectivity index (χ1v) is 13.7. The van der Waals surface area contributed by atoms with Crippen molar-refractivity contribution in [3.8, 4) is 0 Å². The van der Waals surface area contributed by atoms with Gasteiger partial charge in [-0.15, -0.1) is 0 Å². The normalized spacial score (nSPS) is 13.5. The minimum absolute atomic E-state index is 0.00389. The fraction of sp³-hybridized carbons (Fsp3) is 0.524. The van der Waals surface area contributed by atoms with Crippen LogP contribution in [0.2, 0.25) is 0 Å². The summed E-state index contributed by atoms with van der Waals surface area (Å²) >= 11 is 3.01. The summed E-state index contributed by atoms with van der Waals surface area (Å²) < 4.78 is 3.43. The van der Waals surface area contributed by atoms with Crippen LogP contribution in [-0.2, 0) is 13.1 Å². The Hall–Kier alpha value is -3.08. The van der Waals surface area contributed by atoms with Gasteiger partial charge in [0.2, 0.25) is 11.9 Å². The Morgan fingerprint density at radius 3 is 1.57 bits per heavy atom. The molecule has 2 unspecified atom stereocenters. The number of H-pyrrole nitrogens is 2. The van der Waals surface area contributed by atoms with Crippen molar-refractivity contribution in [1.82, 2.24) is 39.0 Å². The van der Waals surface area contributed by atoms with Crippen molar-refractivity contribution in [3.05, 3.63) is 20.7 Å². The largest absolute Gasteiger partial charge is 0.395 e. The standard InChI is InChI=1S/C21H30N10O4S2/c1-10(8-36-20-24-12-14(30(20)3-5-32)26-18(22)28-16(12)34)7-11(2)9-37-21-25-13-15(31(21)4-6-33)27-19(23)29-17(13)35/h10-11,32-33H,3-9H2,1-2H3,(H3,22,26,28,34)(H3,23,27,29,35).